The summed E-state index contributed by atoms with van der Waals surface area (Å²) in [5.74, 6) is 0. The van der Waals surface area contributed by atoms with Crippen molar-refractivity contribution in [1.82, 2.24) is 0 Å². The zero-order valence-electron chi connectivity index (χ0n) is 20.9. The Morgan fingerprint density at radius 3 is 1.42 bits per heavy atom. The highest BCUT2D eigenvalue weighted by Gasteiger charge is 2.37. The van der Waals surface area contributed by atoms with Gasteiger partial charge in [-0.25, -0.2) is 8.42 Å². The molecule has 0 aromatic rings. The molecular weight excluding hydrogens is 400 g/mol. The zero-order chi connectivity index (χ0) is 23.4. The van der Waals surface area contributed by atoms with Crippen LogP contribution in [0.2, 0.25) is 0 Å². The molecule has 2 unspecified atom stereocenters. The van der Waals surface area contributed by atoms with Gasteiger partial charge in [0.2, 0.25) is 9.84 Å². The molecule has 2 nitrogen and oxygen atoms in total. The maximum absolute atomic E-state index is 13.9. The first kappa shape index (κ1) is 25.6. The third-order valence-electron chi connectivity index (χ3n) is 6.32. The van der Waals surface area contributed by atoms with Crippen molar-refractivity contribution in [3.05, 3.63) is 68.6 Å². The summed E-state index contributed by atoms with van der Waals surface area (Å²) in [6.07, 6.45) is 19.1. The van der Waals surface area contributed by atoms with Gasteiger partial charge in [0, 0.05) is 10.8 Å². The lowest BCUT2D eigenvalue weighted by Gasteiger charge is -2.34. The minimum absolute atomic E-state index is 0.119. The zero-order valence-corrected chi connectivity index (χ0v) is 21.7. The van der Waals surface area contributed by atoms with Gasteiger partial charge < -0.3 is 0 Å². The number of allylic oxidation sites excluding steroid dienone is 10. The van der Waals surface area contributed by atoms with Crippen LogP contribution in [0.25, 0.3) is 0 Å². The summed E-state index contributed by atoms with van der Waals surface area (Å²) in [5.41, 5.74) is 3.44. The van der Waals surface area contributed by atoms with Crippen LogP contribution in [0, 0.1) is 10.8 Å². The van der Waals surface area contributed by atoms with Crippen molar-refractivity contribution in [1.29, 1.82) is 0 Å². The molecule has 0 amide bonds. The Bertz CT molecular complexity index is 908. The molecule has 2 rings (SSSR count). The second kappa shape index (κ2) is 9.90. The minimum atomic E-state index is -3.56. The molecule has 0 fully saturated rings. The Labute approximate surface area is 191 Å². The molecule has 0 saturated carbocycles. The number of hydrogen-bond acceptors (Lipinski definition) is 2. The van der Waals surface area contributed by atoms with E-state index in [1.807, 2.05) is 27.7 Å². The molecule has 3 heteroatoms. The van der Waals surface area contributed by atoms with Crippen molar-refractivity contribution < 1.29 is 8.42 Å². The Balaban J connectivity index is 2.44. The molecule has 0 bridgehead atoms. The van der Waals surface area contributed by atoms with Crippen LogP contribution in [0.15, 0.2) is 68.6 Å². The van der Waals surface area contributed by atoms with Crippen LogP contribution in [-0.2, 0) is 9.84 Å². The maximum Gasteiger partial charge on any atom is 0.206 e. The van der Waals surface area contributed by atoms with Gasteiger partial charge in [-0.1, -0.05) is 88.1 Å². The van der Waals surface area contributed by atoms with Crippen LogP contribution in [0.4, 0.5) is 0 Å². The summed E-state index contributed by atoms with van der Waals surface area (Å²) < 4.78 is 27.8. The van der Waals surface area contributed by atoms with Crippen LogP contribution in [0.1, 0.15) is 93.9 Å². The predicted molar refractivity (Wildman–Crippen MR) is 135 cm³/mol. The smallest absolute Gasteiger partial charge is 0.206 e. The number of rotatable bonds is 8. The molecule has 2 aliphatic carbocycles. The Morgan fingerprint density at radius 1 is 0.774 bits per heavy atom. The van der Waals surface area contributed by atoms with E-state index in [1.54, 1.807) is 0 Å². The Kier molecular flexibility index (Phi) is 8.19. The summed E-state index contributed by atoms with van der Waals surface area (Å²) in [6.45, 7) is 16.6. The third kappa shape index (κ3) is 5.80. The van der Waals surface area contributed by atoms with E-state index in [1.165, 1.54) is 0 Å². The van der Waals surface area contributed by atoms with Crippen molar-refractivity contribution in [3.8, 4) is 0 Å². The van der Waals surface area contributed by atoms with Crippen LogP contribution in [-0.4, -0.2) is 8.42 Å². The van der Waals surface area contributed by atoms with E-state index in [-0.39, 0.29) is 10.8 Å². The highest BCUT2D eigenvalue weighted by atomic mass is 32.2. The van der Waals surface area contributed by atoms with E-state index in [9.17, 15) is 8.42 Å². The first-order valence-corrected chi connectivity index (χ1v) is 13.3. The van der Waals surface area contributed by atoms with Crippen LogP contribution >= 0.6 is 0 Å². The predicted octanol–water partition coefficient (Wildman–Crippen LogP) is 8.37. The minimum Gasteiger partial charge on any atom is -0.218 e. The fraction of sp³-hybridized carbons (Fsp3) is 0.571. The van der Waals surface area contributed by atoms with Crippen LogP contribution in [0.3, 0.4) is 0 Å². The summed E-state index contributed by atoms with van der Waals surface area (Å²) in [6, 6.07) is 0. The van der Waals surface area contributed by atoms with E-state index in [4.69, 9.17) is 0 Å². The monoisotopic (exact) mass is 442 g/mol. The van der Waals surface area contributed by atoms with Gasteiger partial charge in [0.25, 0.3) is 0 Å². The number of sulfone groups is 1. The second-order valence-electron chi connectivity index (χ2n) is 10.1. The normalized spacial score (nSPS) is 28.0. The fourth-order valence-electron chi connectivity index (χ4n) is 5.44. The van der Waals surface area contributed by atoms with Crippen molar-refractivity contribution in [3.63, 3.8) is 0 Å². The van der Waals surface area contributed by atoms with Gasteiger partial charge in [-0.05, 0) is 64.5 Å². The average Bonchev–Trinajstić information content (AvgIpc) is 2.59. The first-order chi connectivity index (χ1) is 14.4. The van der Waals surface area contributed by atoms with Gasteiger partial charge in [0.05, 0.1) is 9.81 Å². The first-order valence-electron chi connectivity index (χ1n) is 11.8. The highest BCUT2D eigenvalue weighted by molar-refractivity contribution is 7.99. The fourth-order valence-corrected chi connectivity index (χ4v) is 7.67. The quantitative estimate of drug-likeness (QED) is 0.354. The van der Waals surface area contributed by atoms with Crippen molar-refractivity contribution in [2.24, 2.45) is 10.8 Å². The summed E-state index contributed by atoms with van der Waals surface area (Å²) in [7, 11) is -3.56. The molecule has 0 saturated heterocycles. The lowest BCUT2D eigenvalue weighted by Crippen LogP contribution is -2.24. The van der Waals surface area contributed by atoms with E-state index in [0.29, 0.717) is 9.81 Å². The topological polar surface area (TPSA) is 34.1 Å². The molecule has 0 spiro atoms. The summed E-state index contributed by atoms with van der Waals surface area (Å²) in [5, 5.41) is 0. The summed E-state index contributed by atoms with van der Waals surface area (Å²) in [4.78, 5) is 1.06. The van der Waals surface area contributed by atoms with Gasteiger partial charge in [0.15, 0.2) is 0 Å². The average molecular weight is 443 g/mol. The molecule has 31 heavy (non-hydrogen) atoms. The molecule has 172 valence electrons. The Hall–Kier alpha value is -1.61. The molecular formula is C28H42O2S. The van der Waals surface area contributed by atoms with Gasteiger partial charge in [-0.2, -0.15) is 0 Å². The highest BCUT2D eigenvalue weighted by Crippen LogP contribution is 2.46. The SMILES string of the molecule is CCCC=CC1(C)C=C(C)C(S(=O)(=O)C2=C(C)CC(C)(C=CCCC)C=C2C)=C(C)C1. The second-order valence-corrected chi connectivity index (χ2v) is 11.9. The largest absolute Gasteiger partial charge is 0.218 e. The molecule has 2 atom stereocenters. The molecule has 0 aliphatic heterocycles. The third-order valence-corrected chi connectivity index (χ3v) is 8.74. The Morgan fingerprint density at radius 2 is 1.13 bits per heavy atom. The number of unbranched alkanes of at least 4 members (excludes halogenated alkanes) is 2. The van der Waals surface area contributed by atoms with Crippen LogP contribution in [0.5, 0.6) is 0 Å². The molecule has 0 aromatic carbocycles. The van der Waals surface area contributed by atoms with Crippen molar-refractivity contribution >= 4 is 9.84 Å². The summed E-state index contributed by atoms with van der Waals surface area (Å²) >= 11 is 0. The van der Waals surface area contributed by atoms with Crippen molar-refractivity contribution in [2.75, 3.05) is 0 Å². The lowest BCUT2D eigenvalue weighted by molar-refractivity contribution is 0.526. The molecule has 0 radical (unpaired) electrons. The van der Waals surface area contributed by atoms with Gasteiger partial charge in [-0.15, -0.1) is 0 Å². The lowest BCUT2D eigenvalue weighted by atomic mass is 9.78. The van der Waals surface area contributed by atoms with Crippen molar-refractivity contribution in [2.45, 2.75) is 93.9 Å². The molecule has 0 heterocycles. The van der Waals surface area contributed by atoms with E-state index < -0.39 is 9.84 Å². The van der Waals surface area contributed by atoms with Gasteiger partial charge >= 0.3 is 0 Å². The van der Waals surface area contributed by atoms with E-state index >= 15 is 0 Å². The standard InChI is InChI=1S/C28H42O2S/c1-9-11-13-15-27(7)17-21(3)25(22(4)18-27)31(29,30)26-23(5)19-28(8,20-24(26)6)16-14-12-10-2/h13-17,19H,9-12,18,20H2,1-8H3. The molecule has 2 aliphatic rings. The maximum atomic E-state index is 13.9. The molecule has 0 aromatic heterocycles. The van der Waals surface area contributed by atoms with Gasteiger partial charge in [0.1, 0.15) is 0 Å². The van der Waals surface area contributed by atoms with Gasteiger partial charge in [-0.3, -0.25) is 0 Å². The van der Waals surface area contributed by atoms with Crippen LogP contribution < -0.4 is 0 Å². The van der Waals surface area contributed by atoms with E-state index in [0.717, 1.165) is 60.8 Å². The van der Waals surface area contributed by atoms with E-state index in [2.05, 4.69) is 64.2 Å². The molecule has 0 N–H and O–H groups in total. The number of hydrogen-bond donors (Lipinski definition) is 0.